The molecule has 1 fully saturated rings. The number of nitrogens with zero attached hydrogens (tertiary/aromatic N) is 1. The molecular weight excluding hydrogens is 284 g/mol. The lowest BCUT2D eigenvalue weighted by Gasteiger charge is -2.11. The van der Waals surface area contributed by atoms with Crippen LogP contribution in [0.1, 0.15) is 41.9 Å². The van der Waals surface area contributed by atoms with Crippen LogP contribution in [-0.2, 0) is 13.2 Å². The topological polar surface area (TPSA) is 54.4 Å². The van der Waals surface area contributed by atoms with Gasteiger partial charge in [-0.25, -0.2) is 4.98 Å². The summed E-state index contributed by atoms with van der Waals surface area (Å²) in [6.07, 6.45) is 2.58. The number of aliphatic hydroxyl groups is 1. The van der Waals surface area contributed by atoms with Crippen molar-refractivity contribution >= 4 is 17.0 Å². The van der Waals surface area contributed by atoms with Crippen LogP contribution in [0.4, 0.5) is 5.69 Å². The van der Waals surface area contributed by atoms with Gasteiger partial charge in [-0.15, -0.1) is 11.3 Å². The van der Waals surface area contributed by atoms with E-state index in [1.54, 1.807) is 11.3 Å². The third-order valence-electron chi connectivity index (χ3n) is 3.50. The Morgan fingerprint density at radius 3 is 3.00 bits per heavy atom. The summed E-state index contributed by atoms with van der Waals surface area (Å²) in [4.78, 5) is 4.66. The van der Waals surface area contributed by atoms with Gasteiger partial charge in [-0.2, -0.15) is 0 Å². The third kappa shape index (κ3) is 3.54. The molecule has 0 unspecified atom stereocenters. The van der Waals surface area contributed by atoms with Crippen LogP contribution in [0, 0.1) is 0 Å². The monoisotopic (exact) mass is 304 g/mol. The van der Waals surface area contributed by atoms with Gasteiger partial charge in [0, 0.05) is 22.5 Å². The van der Waals surface area contributed by atoms with Crippen LogP contribution in [0.25, 0.3) is 0 Å². The molecule has 3 rings (SSSR count). The van der Waals surface area contributed by atoms with Crippen molar-refractivity contribution in [3.63, 3.8) is 0 Å². The SMILES string of the molecule is CCOc1ccc(NCc2csc(C3CC3)n2)cc1CO. The molecule has 112 valence electrons. The number of aromatic nitrogens is 1. The van der Waals surface area contributed by atoms with Crippen molar-refractivity contribution in [1.82, 2.24) is 4.98 Å². The number of hydrogen-bond donors (Lipinski definition) is 2. The van der Waals surface area contributed by atoms with Gasteiger partial charge in [0.1, 0.15) is 5.75 Å². The van der Waals surface area contributed by atoms with Crippen molar-refractivity contribution in [3.05, 3.63) is 39.8 Å². The summed E-state index contributed by atoms with van der Waals surface area (Å²) in [6.45, 7) is 3.23. The molecule has 1 saturated carbocycles. The molecule has 1 aromatic heterocycles. The lowest BCUT2D eigenvalue weighted by atomic mass is 10.2. The Morgan fingerprint density at radius 2 is 2.29 bits per heavy atom. The number of aliphatic hydroxyl groups excluding tert-OH is 1. The molecule has 0 atom stereocenters. The van der Waals surface area contributed by atoms with Crippen molar-refractivity contribution in [2.24, 2.45) is 0 Å². The Hall–Kier alpha value is -1.59. The fourth-order valence-electron chi connectivity index (χ4n) is 2.22. The highest BCUT2D eigenvalue weighted by Crippen LogP contribution is 2.41. The van der Waals surface area contributed by atoms with Crippen molar-refractivity contribution in [3.8, 4) is 5.75 Å². The minimum Gasteiger partial charge on any atom is -0.494 e. The molecule has 21 heavy (non-hydrogen) atoms. The van der Waals surface area contributed by atoms with Gasteiger partial charge < -0.3 is 15.2 Å². The van der Waals surface area contributed by atoms with E-state index < -0.39 is 0 Å². The maximum atomic E-state index is 9.41. The zero-order valence-electron chi connectivity index (χ0n) is 12.1. The molecule has 1 heterocycles. The second kappa shape index (κ2) is 6.45. The summed E-state index contributed by atoms with van der Waals surface area (Å²) in [6, 6.07) is 5.80. The maximum Gasteiger partial charge on any atom is 0.124 e. The van der Waals surface area contributed by atoms with Crippen LogP contribution in [-0.4, -0.2) is 16.7 Å². The summed E-state index contributed by atoms with van der Waals surface area (Å²) >= 11 is 1.76. The first-order valence-corrected chi connectivity index (χ1v) is 8.23. The van der Waals surface area contributed by atoms with Crippen molar-refractivity contribution < 1.29 is 9.84 Å². The van der Waals surface area contributed by atoms with Crippen molar-refractivity contribution in [2.45, 2.75) is 38.8 Å². The Bertz CT molecular complexity index is 608. The molecule has 1 aliphatic carbocycles. The molecule has 0 saturated heterocycles. The van der Waals surface area contributed by atoms with E-state index in [-0.39, 0.29) is 6.61 Å². The summed E-state index contributed by atoms with van der Waals surface area (Å²) in [7, 11) is 0. The molecule has 0 aliphatic heterocycles. The summed E-state index contributed by atoms with van der Waals surface area (Å²) in [5, 5.41) is 16.2. The predicted octanol–water partition coefficient (Wildman–Crippen LogP) is 3.52. The lowest BCUT2D eigenvalue weighted by molar-refractivity contribution is 0.267. The second-order valence-electron chi connectivity index (χ2n) is 5.22. The van der Waals surface area contributed by atoms with E-state index in [1.165, 1.54) is 17.8 Å². The summed E-state index contributed by atoms with van der Waals surface area (Å²) in [5.41, 5.74) is 2.86. The Kier molecular flexibility index (Phi) is 4.41. The summed E-state index contributed by atoms with van der Waals surface area (Å²) in [5.74, 6) is 1.46. The van der Waals surface area contributed by atoms with E-state index in [1.807, 2.05) is 25.1 Å². The zero-order valence-corrected chi connectivity index (χ0v) is 12.9. The van der Waals surface area contributed by atoms with Gasteiger partial charge >= 0.3 is 0 Å². The standard InChI is InChI=1S/C16H20N2O2S/c1-2-20-15-6-5-13(7-12(15)9-19)17-8-14-10-21-16(18-14)11-3-4-11/h5-7,10-11,17,19H,2-4,8-9H2,1H3. The van der Waals surface area contributed by atoms with Gasteiger partial charge in [0.2, 0.25) is 0 Å². The largest absolute Gasteiger partial charge is 0.494 e. The van der Waals surface area contributed by atoms with Gasteiger partial charge in [-0.3, -0.25) is 0 Å². The number of benzene rings is 1. The highest BCUT2D eigenvalue weighted by Gasteiger charge is 2.26. The van der Waals surface area contributed by atoms with Gasteiger partial charge in [-0.05, 0) is 38.0 Å². The van der Waals surface area contributed by atoms with E-state index >= 15 is 0 Å². The molecule has 0 amide bonds. The smallest absolute Gasteiger partial charge is 0.124 e. The second-order valence-corrected chi connectivity index (χ2v) is 6.11. The first-order chi connectivity index (χ1) is 10.3. The molecule has 1 aliphatic rings. The van der Waals surface area contributed by atoms with Gasteiger partial charge in [0.25, 0.3) is 0 Å². The van der Waals surface area contributed by atoms with Crippen molar-refractivity contribution in [2.75, 3.05) is 11.9 Å². The van der Waals surface area contributed by atoms with E-state index in [4.69, 9.17) is 4.74 Å². The molecule has 4 nitrogen and oxygen atoms in total. The Morgan fingerprint density at radius 1 is 1.43 bits per heavy atom. The minimum absolute atomic E-state index is 0.0205. The number of nitrogens with one attached hydrogen (secondary N) is 1. The van der Waals surface area contributed by atoms with Crippen LogP contribution in [0.2, 0.25) is 0 Å². The Balaban J connectivity index is 1.63. The van der Waals surface area contributed by atoms with Crippen LogP contribution in [0.15, 0.2) is 23.6 Å². The molecule has 5 heteroatoms. The molecule has 2 aromatic rings. The Labute approximate surface area is 128 Å². The van der Waals surface area contributed by atoms with Crippen LogP contribution in [0.3, 0.4) is 0 Å². The number of rotatable bonds is 7. The molecular formula is C16H20N2O2S. The van der Waals surface area contributed by atoms with E-state index in [0.717, 1.165) is 28.6 Å². The fraction of sp³-hybridized carbons (Fsp3) is 0.438. The first-order valence-electron chi connectivity index (χ1n) is 7.35. The highest BCUT2D eigenvalue weighted by atomic mass is 32.1. The highest BCUT2D eigenvalue weighted by molar-refractivity contribution is 7.09. The fourth-order valence-corrected chi connectivity index (χ4v) is 3.21. The first kappa shape index (κ1) is 14.4. The summed E-state index contributed by atoms with van der Waals surface area (Å²) < 4.78 is 5.48. The number of thiazole rings is 1. The number of anilines is 1. The zero-order chi connectivity index (χ0) is 14.7. The van der Waals surface area contributed by atoms with E-state index in [0.29, 0.717) is 13.2 Å². The molecule has 2 N–H and O–H groups in total. The quantitative estimate of drug-likeness (QED) is 0.821. The molecule has 0 bridgehead atoms. The number of hydrogen-bond acceptors (Lipinski definition) is 5. The van der Waals surface area contributed by atoms with E-state index in [9.17, 15) is 5.11 Å². The molecule has 0 radical (unpaired) electrons. The maximum absolute atomic E-state index is 9.41. The van der Waals surface area contributed by atoms with Gasteiger partial charge in [0.15, 0.2) is 0 Å². The average molecular weight is 304 g/mol. The van der Waals surface area contributed by atoms with Crippen LogP contribution < -0.4 is 10.1 Å². The third-order valence-corrected chi connectivity index (χ3v) is 4.56. The van der Waals surface area contributed by atoms with Gasteiger partial charge in [0.05, 0.1) is 30.5 Å². The average Bonchev–Trinajstić information content (AvgIpc) is 3.25. The minimum atomic E-state index is -0.0205. The predicted molar refractivity (Wildman–Crippen MR) is 84.9 cm³/mol. The van der Waals surface area contributed by atoms with E-state index in [2.05, 4.69) is 15.7 Å². The lowest BCUT2D eigenvalue weighted by Crippen LogP contribution is -2.02. The van der Waals surface area contributed by atoms with Crippen LogP contribution in [0.5, 0.6) is 5.75 Å². The van der Waals surface area contributed by atoms with Crippen molar-refractivity contribution in [1.29, 1.82) is 0 Å². The normalized spacial score (nSPS) is 14.2. The number of ether oxygens (including phenoxy) is 1. The molecule has 0 spiro atoms. The molecule has 1 aromatic carbocycles. The van der Waals surface area contributed by atoms with Gasteiger partial charge in [-0.1, -0.05) is 0 Å². The van der Waals surface area contributed by atoms with Crippen LogP contribution >= 0.6 is 11.3 Å².